The van der Waals surface area contributed by atoms with Crippen LogP contribution in [-0.2, 0) is 4.79 Å². The summed E-state index contributed by atoms with van der Waals surface area (Å²) in [5, 5.41) is 15.6. The van der Waals surface area contributed by atoms with Gasteiger partial charge in [-0.2, -0.15) is 5.26 Å². The molecule has 0 unspecified atom stereocenters. The molecule has 0 saturated carbocycles. The maximum Gasteiger partial charge on any atom is 0.235 e. The van der Waals surface area contributed by atoms with Crippen molar-refractivity contribution >= 4 is 5.91 Å². The monoisotopic (exact) mass is 349 g/mol. The molecule has 2 atom stereocenters. The summed E-state index contributed by atoms with van der Waals surface area (Å²) in [5.74, 6) is -0.158. The van der Waals surface area contributed by atoms with Crippen molar-refractivity contribution in [1.82, 2.24) is 10.6 Å². The molecule has 0 spiro atoms. The number of aryl methyl sites for hydroxylation is 1. The highest BCUT2D eigenvalue weighted by molar-refractivity contribution is 5.79. The molecule has 0 aliphatic heterocycles. The molecular formula is C22H27N3O. The average molecular weight is 349 g/mol. The Labute approximate surface area is 156 Å². The van der Waals surface area contributed by atoms with Gasteiger partial charge in [0.2, 0.25) is 5.91 Å². The number of carbonyl (C=O) groups excluding carboxylic acids is 1. The average Bonchev–Trinajstić information content (AvgIpc) is 2.64. The number of benzene rings is 2. The van der Waals surface area contributed by atoms with Crippen LogP contribution in [0.1, 0.15) is 43.5 Å². The molecule has 2 aromatic rings. The van der Waals surface area contributed by atoms with Gasteiger partial charge >= 0.3 is 0 Å². The number of rotatable bonds is 7. The van der Waals surface area contributed by atoms with E-state index in [1.165, 1.54) is 5.56 Å². The van der Waals surface area contributed by atoms with Gasteiger partial charge in [0.1, 0.15) is 5.54 Å². The molecule has 2 rings (SSSR count). The van der Waals surface area contributed by atoms with E-state index in [0.29, 0.717) is 0 Å². The molecule has 26 heavy (non-hydrogen) atoms. The lowest BCUT2D eigenvalue weighted by molar-refractivity contribution is -0.121. The van der Waals surface area contributed by atoms with E-state index < -0.39 is 5.54 Å². The largest absolute Gasteiger partial charge is 0.337 e. The van der Waals surface area contributed by atoms with E-state index in [4.69, 9.17) is 0 Å². The third kappa shape index (κ3) is 4.93. The molecule has 0 bridgehead atoms. The highest BCUT2D eigenvalue weighted by Crippen LogP contribution is 2.22. The Morgan fingerprint density at radius 2 is 1.65 bits per heavy atom. The predicted octanol–water partition coefficient (Wildman–Crippen LogP) is 3.73. The van der Waals surface area contributed by atoms with E-state index >= 15 is 0 Å². The number of nitrogens with zero attached hydrogens (tertiary/aromatic N) is 1. The fourth-order valence-electron chi connectivity index (χ4n) is 2.66. The molecule has 4 heteroatoms. The van der Waals surface area contributed by atoms with Gasteiger partial charge in [0.25, 0.3) is 0 Å². The number of nitriles is 1. The van der Waals surface area contributed by atoms with Crippen LogP contribution in [0, 0.1) is 24.2 Å². The lowest BCUT2D eigenvalue weighted by atomic mass is 9.90. The van der Waals surface area contributed by atoms with Crippen molar-refractivity contribution in [2.45, 2.75) is 39.3 Å². The number of hydrogen-bond donors (Lipinski definition) is 2. The summed E-state index contributed by atoms with van der Waals surface area (Å²) in [4.78, 5) is 12.4. The Morgan fingerprint density at radius 3 is 2.19 bits per heavy atom. The summed E-state index contributed by atoms with van der Waals surface area (Å²) < 4.78 is 0. The van der Waals surface area contributed by atoms with Crippen molar-refractivity contribution in [3.63, 3.8) is 0 Å². The highest BCUT2D eigenvalue weighted by Gasteiger charge is 2.30. The van der Waals surface area contributed by atoms with Crippen LogP contribution in [0.3, 0.4) is 0 Å². The molecule has 4 nitrogen and oxygen atoms in total. The molecule has 0 aromatic heterocycles. The predicted molar refractivity (Wildman–Crippen MR) is 104 cm³/mol. The molecule has 1 amide bonds. The summed E-state index contributed by atoms with van der Waals surface area (Å²) in [7, 11) is 0. The van der Waals surface area contributed by atoms with E-state index in [-0.39, 0.29) is 24.4 Å². The zero-order valence-corrected chi connectivity index (χ0v) is 15.9. The standard InChI is InChI=1S/C22H27N3O/c1-16(2)22(4,15-23)25-20(26)14-24-21(18-8-6-5-7-9-18)19-12-10-17(3)11-13-19/h5-13,16,21,24H,14H2,1-4H3,(H,25,26)/t21-,22+/m1/s1. The van der Waals surface area contributed by atoms with E-state index in [9.17, 15) is 10.1 Å². The first-order valence-corrected chi connectivity index (χ1v) is 8.93. The molecule has 0 aliphatic rings. The van der Waals surface area contributed by atoms with Gasteiger partial charge in [-0.05, 0) is 30.9 Å². The second-order valence-corrected chi connectivity index (χ2v) is 7.15. The summed E-state index contributed by atoms with van der Waals surface area (Å²) in [6, 6.07) is 20.4. The molecule has 0 heterocycles. The number of carbonyl (C=O) groups is 1. The van der Waals surface area contributed by atoms with Crippen LogP contribution in [-0.4, -0.2) is 18.0 Å². The smallest absolute Gasteiger partial charge is 0.235 e. The fourth-order valence-corrected chi connectivity index (χ4v) is 2.66. The summed E-state index contributed by atoms with van der Waals surface area (Å²) >= 11 is 0. The van der Waals surface area contributed by atoms with Crippen molar-refractivity contribution in [3.8, 4) is 6.07 Å². The van der Waals surface area contributed by atoms with Crippen LogP contribution in [0.25, 0.3) is 0 Å². The van der Waals surface area contributed by atoms with Crippen molar-refractivity contribution in [2.75, 3.05) is 6.54 Å². The minimum Gasteiger partial charge on any atom is -0.337 e. The number of nitrogens with one attached hydrogen (secondary N) is 2. The first-order valence-electron chi connectivity index (χ1n) is 8.93. The van der Waals surface area contributed by atoms with Gasteiger partial charge in [0.15, 0.2) is 0 Å². The Bertz CT molecular complexity index is 762. The first kappa shape index (κ1) is 19.7. The SMILES string of the molecule is Cc1ccc([C@H](NCC(=O)N[C@@](C)(C#N)C(C)C)c2ccccc2)cc1. The molecule has 0 radical (unpaired) electrons. The molecule has 2 aromatic carbocycles. The van der Waals surface area contributed by atoms with Gasteiger partial charge in [-0.15, -0.1) is 0 Å². The third-order valence-corrected chi connectivity index (χ3v) is 4.80. The van der Waals surface area contributed by atoms with Gasteiger partial charge < -0.3 is 5.32 Å². The summed E-state index contributed by atoms with van der Waals surface area (Å²) in [6.07, 6.45) is 0. The van der Waals surface area contributed by atoms with E-state index in [1.54, 1.807) is 6.92 Å². The molecular weight excluding hydrogens is 322 g/mol. The zero-order valence-electron chi connectivity index (χ0n) is 15.9. The van der Waals surface area contributed by atoms with Crippen molar-refractivity contribution in [3.05, 3.63) is 71.3 Å². The Balaban J connectivity index is 2.14. The quantitative estimate of drug-likeness (QED) is 0.800. The van der Waals surface area contributed by atoms with Gasteiger partial charge in [0.05, 0.1) is 18.7 Å². The maximum atomic E-state index is 12.4. The Kier molecular flexibility index (Phi) is 6.54. The van der Waals surface area contributed by atoms with Gasteiger partial charge in [0, 0.05) is 0 Å². The van der Waals surface area contributed by atoms with Crippen molar-refractivity contribution in [2.24, 2.45) is 5.92 Å². The van der Waals surface area contributed by atoms with E-state index in [0.717, 1.165) is 11.1 Å². The molecule has 136 valence electrons. The maximum absolute atomic E-state index is 12.4. The summed E-state index contributed by atoms with van der Waals surface area (Å²) in [6.45, 7) is 7.80. The van der Waals surface area contributed by atoms with Crippen LogP contribution in [0.4, 0.5) is 0 Å². The van der Waals surface area contributed by atoms with Gasteiger partial charge in [-0.25, -0.2) is 0 Å². The fraction of sp³-hybridized carbons (Fsp3) is 0.364. The highest BCUT2D eigenvalue weighted by atomic mass is 16.2. The molecule has 0 fully saturated rings. The van der Waals surface area contributed by atoms with Crippen LogP contribution >= 0.6 is 0 Å². The molecule has 0 aliphatic carbocycles. The Hall–Kier alpha value is -2.64. The van der Waals surface area contributed by atoms with Crippen molar-refractivity contribution in [1.29, 1.82) is 5.26 Å². The molecule has 2 N–H and O–H groups in total. The van der Waals surface area contributed by atoms with E-state index in [2.05, 4.69) is 47.9 Å². The van der Waals surface area contributed by atoms with Crippen molar-refractivity contribution < 1.29 is 4.79 Å². The minimum absolute atomic E-state index is 0.0264. The number of amides is 1. The van der Waals surface area contributed by atoms with Gasteiger partial charge in [-0.3, -0.25) is 10.1 Å². The van der Waals surface area contributed by atoms with Gasteiger partial charge in [-0.1, -0.05) is 74.0 Å². The molecule has 0 saturated heterocycles. The lowest BCUT2D eigenvalue weighted by Gasteiger charge is -2.28. The third-order valence-electron chi connectivity index (χ3n) is 4.80. The second kappa shape index (κ2) is 8.64. The van der Waals surface area contributed by atoms with Crippen LogP contribution in [0.15, 0.2) is 54.6 Å². The van der Waals surface area contributed by atoms with Crippen LogP contribution < -0.4 is 10.6 Å². The lowest BCUT2D eigenvalue weighted by Crippen LogP contribution is -2.51. The Morgan fingerprint density at radius 1 is 1.08 bits per heavy atom. The summed E-state index contributed by atoms with van der Waals surface area (Å²) in [5.41, 5.74) is 2.52. The van der Waals surface area contributed by atoms with Crippen LogP contribution in [0.5, 0.6) is 0 Å². The zero-order chi connectivity index (χ0) is 19.2. The normalized spacial score (nSPS) is 14.3. The van der Waals surface area contributed by atoms with E-state index in [1.807, 2.05) is 44.2 Å². The minimum atomic E-state index is -0.870. The van der Waals surface area contributed by atoms with Crippen LogP contribution in [0.2, 0.25) is 0 Å². The number of hydrogen-bond acceptors (Lipinski definition) is 3. The first-order chi connectivity index (χ1) is 12.4. The second-order valence-electron chi connectivity index (χ2n) is 7.15. The topological polar surface area (TPSA) is 64.9 Å².